The Morgan fingerprint density at radius 1 is 1.00 bits per heavy atom. The molecule has 0 saturated carbocycles. The minimum atomic E-state index is -5.32. The molecule has 102 valence electrons. The third kappa shape index (κ3) is 5.21. The van der Waals surface area contributed by atoms with Crippen molar-refractivity contribution >= 4 is 63.2 Å². The molecule has 11 heteroatoms. The van der Waals surface area contributed by atoms with Crippen molar-refractivity contribution in [3.63, 3.8) is 0 Å². The molecule has 0 aromatic heterocycles. The first kappa shape index (κ1) is 20.1. The van der Waals surface area contributed by atoms with E-state index < -0.39 is 49.9 Å². The molecular weight excluding hydrogens is 299 g/mol. The van der Waals surface area contributed by atoms with Crippen molar-refractivity contribution in [2.75, 3.05) is 0 Å². The van der Waals surface area contributed by atoms with E-state index >= 15 is 0 Å². The second-order valence-corrected chi connectivity index (χ2v) is 5.29. The number of hydrogen-bond donors (Lipinski definition) is 5. The van der Waals surface area contributed by atoms with Crippen LogP contribution in [0, 0.1) is 0 Å². The molecule has 0 rings (SSSR count). The average molecular weight is 312 g/mol. The van der Waals surface area contributed by atoms with Gasteiger partial charge in [-0.15, -0.1) is 0 Å². The minimum absolute atomic E-state index is 0. The molecule has 0 aromatic rings. The maximum absolute atomic E-state index is 11.1. The number of carboxylic acid groups (broad SMARTS) is 3. The second-order valence-electron chi connectivity index (χ2n) is 3.35. The maximum atomic E-state index is 11.1. The summed E-state index contributed by atoms with van der Waals surface area (Å²) in [6, 6.07) is 0. The van der Waals surface area contributed by atoms with E-state index in [2.05, 4.69) is 0 Å². The Morgan fingerprint density at radius 2 is 1.44 bits per heavy atom. The van der Waals surface area contributed by atoms with Gasteiger partial charge >= 0.3 is 63.2 Å². The summed E-state index contributed by atoms with van der Waals surface area (Å²) in [6.45, 7) is 0. The summed E-state index contributed by atoms with van der Waals surface area (Å²) >= 11 is 0. The molecule has 5 N–H and O–H groups in total. The van der Waals surface area contributed by atoms with Gasteiger partial charge in [0.1, 0.15) is 0 Å². The molecule has 1 unspecified atom stereocenters. The fraction of sp³-hybridized carbons (Fsp3) is 0.571. The van der Waals surface area contributed by atoms with E-state index in [1.165, 1.54) is 0 Å². The zero-order valence-electron chi connectivity index (χ0n) is 8.44. The van der Waals surface area contributed by atoms with Crippen LogP contribution < -0.4 is 0 Å². The van der Waals surface area contributed by atoms with Gasteiger partial charge < -0.3 is 25.1 Å². The fourth-order valence-electron chi connectivity index (χ4n) is 1.21. The van der Waals surface area contributed by atoms with Gasteiger partial charge in [0.05, 0.1) is 6.42 Å². The molecule has 18 heavy (non-hydrogen) atoms. The average Bonchev–Trinajstić information content (AvgIpc) is 2.08. The number of carboxylic acids is 3. The number of aliphatic carboxylic acids is 3. The van der Waals surface area contributed by atoms with Crippen LogP contribution >= 0.6 is 7.60 Å². The van der Waals surface area contributed by atoms with Crippen LogP contribution in [-0.2, 0) is 18.9 Å². The standard InChI is InChI=1S/C7H11O9P.Ca.2H/c8-4(9)1-2-7(6(12)13,3-5(10)11)17(14,15)16;;;/h1-3H2,(H,8,9)(H,10,11)(H,12,13)(H2,14,15,16);;;. The summed E-state index contributed by atoms with van der Waals surface area (Å²) in [7, 11) is -5.32. The van der Waals surface area contributed by atoms with Crippen LogP contribution in [0.1, 0.15) is 19.3 Å². The van der Waals surface area contributed by atoms with E-state index in [9.17, 15) is 18.9 Å². The van der Waals surface area contributed by atoms with Crippen LogP contribution in [0.4, 0.5) is 0 Å². The van der Waals surface area contributed by atoms with Gasteiger partial charge in [0, 0.05) is 6.42 Å². The van der Waals surface area contributed by atoms with Gasteiger partial charge in [-0.05, 0) is 6.42 Å². The van der Waals surface area contributed by atoms with E-state index in [0.717, 1.165) is 0 Å². The zero-order valence-corrected chi connectivity index (χ0v) is 9.33. The normalized spacial score (nSPS) is 14.1. The van der Waals surface area contributed by atoms with Gasteiger partial charge in [0.2, 0.25) is 0 Å². The van der Waals surface area contributed by atoms with Crippen LogP contribution in [-0.4, -0.2) is 85.9 Å². The van der Waals surface area contributed by atoms with Crippen LogP contribution in [0.15, 0.2) is 0 Å². The molecule has 0 aliphatic rings. The summed E-state index contributed by atoms with van der Waals surface area (Å²) in [5.74, 6) is -5.25. The van der Waals surface area contributed by atoms with Crippen LogP contribution in [0.3, 0.4) is 0 Å². The molecule has 0 aliphatic carbocycles. The predicted molar refractivity (Wildman–Crippen MR) is 60.1 cm³/mol. The van der Waals surface area contributed by atoms with Gasteiger partial charge in [-0.25, -0.2) is 0 Å². The molecule has 1 atom stereocenters. The molecule has 0 amide bonds. The van der Waals surface area contributed by atoms with Crippen LogP contribution in [0.2, 0.25) is 0 Å². The Bertz CT molecular complexity index is 388. The first-order valence-electron chi connectivity index (χ1n) is 4.25. The van der Waals surface area contributed by atoms with Crippen molar-refractivity contribution < 1.29 is 44.1 Å². The molecule has 0 saturated heterocycles. The Hall–Kier alpha value is -0.180. The van der Waals surface area contributed by atoms with Crippen molar-refractivity contribution in [3.8, 4) is 0 Å². The Labute approximate surface area is 131 Å². The molecule has 0 radical (unpaired) electrons. The van der Waals surface area contributed by atoms with E-state index in [4.69, 9.17) is 25.1 Å². The molecular formula is C7H13CaO9P. The number of carbonyl (C=O) groups is 3. The Balaban J connectivity index is 0. The van der Waals surface area contributed by atoms with Gasteiger partial charge in [-0.1, -0.05) is 0 Å². The van der Waals surface area contributed by atoms with E-state index in [-0.39, 0.29) is 37.7 Å². The fourth-order valence-corrected chi connectivity index (χ4v) is 2.20. The van der Waals surface area contributed by atoms with Gasteiger partial charge in [-0.3, -0.25) is 18.9 Å². The zero-order chi connectivity index (χ0) is 13.9. The third-order valence-electron chi connectivity index (χ3n) is 2.15. The summed E-state index contributed by atoms with van der Waals surface area (Å²) in [4.78, 5) is 49.5. The van der Waals surface area contributed by atoms with Crippen molar-refractivity contribution in [1.82, 2.24) is 0 Å². The SMILES string of the molecule is O=C(O)CCC(CC(=O)O)(C(=O)O)P(=O)(O)O.[CaH2]. The van der Waals surface area contributed by atoms with Crippen LogP contribution in [0.5, 0.6) is 0 Å². The summed E-state index contributed by atoms with van der Waals surface area (Å²) in [5.41, 5.74) is 0. The van der Waals surface area contributed by atoms with Crippen LogP contribution in [0.25, 0.3) is 0 Å². The van der Waals surface area contributed by atoms with Crippen molar-refractivity contribution in [2.24, 2.45) is 0 Å². The molecule has 0 aliphatic heterocycles. The summed E-state index contributed by atoms with van der Waals surface area (Å²) < 4.78 is 11.1. The predicted octanol–water partition coefficient (Wildman–Crippen LogP) is -1.59. The van der Waals surface area contributed by atoms with Gasteiger partial charge in [0.15, 0.2) is 5.16 Å². The first-order chi connectivity index (χ1) is 7.53. The van der Waals surface area contributed by atoms with E-state index in [1.54, 1.807) is 0 Å². The number of hydrogen-bond acceptors (Lipinski definition) is 4. The van der Waals surface area contributed by atoms with Crippen molar-refractivity contribution in [3.05, 3.63) is 0 Å². The van der Waals surface area contributed by atoms with Gasteiger partial charge in [-0.2, -0.15) is 0 Å². The van der Waals surface area contributed by atoms with Crippen molar-refractivity contribution in [2.45, 2.75) is 24.4 Å². The molecule has 0 bridgehead atoms. The molecule has 0 fully saturated rings. The van der Waals surface area contributed by atoms with Gasteiger partial charge in [0.25, 0.3) is 0 Å². The summed E-state index contributed by atoms with van der Waals surface area (Å²) in [5, 5.41) is 22.7. The Morgan fingerprint density at radius 3 is 1.67 bits per heavy atom. The summed E-state index contributed by atoms with van der Waals surface area (Å²) in [6.07, 6.45) is -3.17. The molecule has 0 heterocycles. The molecule has 0 spiro atoms. The Kier molecular flexibility index (Phi) is 8.30. The molecule has 0 aromatic carbocycles. The number of rotatable bonds is 7. The molecule has 9 nitrogen and oxygen atoms in total. The van der Waals surface area contributed by atoms with E-state index in [0.29, 0.717) is 0 Å². The quantitative estimate of drug-likeness (QED) is 0.275. The first-order valence-corrected chi connectivity index (χ1v) is 5.87. The van der Waals surface area contributed by atoms with E-state index in [1.807, 2.05) is 0 Å². The topological polar surface area (TPSA) is 169 Å². The second kappa shape index (κ2) is 7.42. The van der Waals surface area contributed by atoms with Crippen molar-refractivity contribution in [1.29, 1.82) is 0 Å². The monoisotopic (exact) mass is 312 g/mol. The third-order valence-corrected chi connectivity index (χ3v) is 3.84.